The Kier molecular flexibility index (Phi) is 3.31. The van der Waals surface area contributed by atoms with Crippen molar-refractivity contribution in [2.45, 2.75) is 0 Å². The molecule has 2 N–H and O–H groups in total. The lowest BCUT2D eigenvalue weighted by molar-refractivity contribution is -0.130. The molecule has 7 heteroatoms. The highest BCUT2D eigenvalue weighted by Gasteiger charge is 2.27. The van der Waals surface area contributed by atoms with Crippen molar-refractivity contribution in [2.24, 2.45) is 0 Å². The molecular weight excluding hydrogens is 274 g/mol. The minimum absolute atomic E-state index is 0.273. The number of fused-ring (bicyclic) bond motifs is 1. The highest BCUT2D eigenvalue weighted by molar-refractivity contribution is 5.99. The van der Waals surface area contributed by atoms with Crippen molar-refractivity contribution in [3.8, 4) is 0 Å². The lowest BCUT2D eigenvalue weighted by atomic mass is 10.2. The van der Waals surface area contributed by atoms with Gasteiger partial charge in [-0.2, -0.15) is 0 Å². The van der Waals surface area contributed by atoms with E-state index in [9.17, 15) is 14.4 Å². The van der Waals surface area contributed by atoms with Crippen LogP contribution in [0.15, 0.2) is 30.3 Å². The van der Waals surface area contributed by atoms with Gasteiger partial charge in [0, 0.05) is 24.0 Å². The van der Waals surface area contributed by atoms with E-state index in [1.807, 2.05) is 24.3 Å². The molecule has 0 saturated carbocycles. The number of carbonyl (C=O) groups excluding carboxylic acids is 3. The number of esters is 1. The Bertz CT molecular complexity index is 689. The minimum atomic E-state index is -0.626. The van der Waals surface area contributed by atoms with Crippen LogP contribution >= 0.6 is 0 Å². The molecule has 0 bridgehead atoms. The van der Waals surface area contributed by atoms with Gasteiger partial charge in [0.05, 0.1) is 0 Å². The van der Waals surface area contributed by atoms with E-state index >= 15 is 0 Å². The fourth-order valence-corrected chi connectivity index (χ4v) is 2.18. The minimum Gasteiger partial charge on any atom is -0.451 e. The molecular formula is C14H13N3O4. The lowest BCUT2D eigenvalue weighted by Gasteiger charge is -2.11. The van der Waals surface area contributed by atoms with Crippen LogP contribution in [0.25, 0.3) is 10.9 Å². The Hall–Kier alpha value is -2.83. The standard InChI is InChI=1S/C14H13N3O4/c18-12(17-6-5-15-14(17)20)8-21-13(19)11-7-9-3-1-2-4-10(9)16-11/h1-4,7,16H,5-6,8H2,(H,15,20). The Morgan fingerprint density at radius 3 is 2.81 bits per heavy atom. The summed E-state index contributed by atoms with van der Waals surface area (Å²) in [6.45, 7) is 0.254. The van der Waals surface area contributed by atoms with E-state index in [2.05, 4.69) is 10.3 Å². The zero-order valence-corrected chi connectivity index (χ0v) is 11.1. The number of hydrogen-bond donors (Lipinski definition) is 2. The van der Waals surface area contributed by atoms with Gasteiger partial charge in [-0.3, -0.25) is 9.69 Å². The largest absolute Gasteiger partial charge is 0.451 e. The predicted molar refractivity (Wildman–Crippen MR) is 73.7 cm³/mol. The van der Waals surface area contributed by atoms with Crippen molar-refractivity contribution in [2.75, 3.05) is 19.7 Å². The average molecular weight is 287 g/mol. The molecule has 1 aliphatic rings. The first-order valence-corrected chi connectivity index (χ1v) is 6.48. The van der Waals surface area contributed by atoms with Gasteiger partial charge in [0.25, 0.3) is 5.91 Å². The Labute approximate surface area is 119 Å². The van der Waals surface area contributed by atoms with Gasteiger partial charge in [0.15, 0.2) is 6.61 Å². The van der Waals surface area contributed by atoms with E-state index in [0.29, 0.717) is 13.1 Å². The number of aromatic amines is 1. The average Bonchev–Trinajstić information content (AvgIpc) is 3.10. The second-order valence-corrected chi connectivity index (χ2v) is 4.62. The molecule has 1 aliphatic heterocycles. The summed E-state index contributed by atoms with van der Waals surface area (Å²) in [4.78, 5) is 38.9. The summed E-state index contributed by atoms with van der Waals surface area (Å²) in [5.74, 6) is -1.16. The maximum absolute atomic E-state index is 11.9. The van der Waals surface area contributed by atoms with Gasteiger partial charge >= 0.3 is 12.0 Å². The number of para-hydroxylation sites is 1. The molecule has 1 aromatic heterocycles. The number of nitrogens with zero attached hydrogens (tertiary/aromatic N) is 1. The van der Waals surface area contributed by atoms with E-state index in [1.165, 1.54) is 0 Å². The van der Waals surface area contributed by atoms with Gasteiger partial charge in [-0.1, -0.05) is 18.2 Å². The van der Waals surface area contributed by atoms with Crippen LogP contribution in [-0.4, -0.2) is 47.5 Å². The van der Waals surface area contributed by atoms with Crippen LogP contribution < -0.4 is 5.32 Å². The van der Waals surface area contributed by atoms with E-state index in [4.69, 9.17) is 4.74 Å². The van der Waals surface area contributed by atoms with Crippen molar-refractivity contribution in [3.05, 3.63) is 36.0 Å². The number of imide groups is 1. The summed E-state index contributed by atoms with van der Waals surface area (Å²) < 4.78 is 4.94. The van der Waals surface area contributed by atoms with Crippen molar-refractivity contribution in [3.63, 3.8) is 0 Å². The number of rotatable bonds is 3. The summed E-state index contributed by atoms with van der Waals surface area (Å²) in [7, 11) is 0. The third-order valence-corrected chi connectivity index (χ3v) is 3.23. The van der Waals surface area contributed by atoms with E-state index in [0.717, 1.165) is 15.8 Å². The molecule has 1 fully saturated rings. The molecule has 1 aromatic carbocycles. The maximum Gasteiger partial charge on any atom is 0.355 e. The highest BCUT2D eigenvalue weighted by Crippen LogP contribution is 2.15. The monoisotopic (exact) mass is 287 g/mol. The van der Waals surface area contributed by atoms with Crippen molar-refractivity contribution >= 4 is 28.8 Å². The molecule has 3 amide bonds. The molecule has 0 atom stereocenters. The molecule has 21 heavy (non-hydrogen) atoms. The fraction of sp³-hybridized carbons (Fsp3) is 0.214. The number of ether oxygens (including phenoxy) is 1. The number of urea groups is 1. The second-order valence-electron chi connectivity index (χ2n) is 4.62. The van der Waals surface area contributed by atoms with E-state index in [-0.39, 0.29) is 5.69 Å². The zero-order chi connectivity index (χ0) is 14.8. The van der Waals surface area contributed by atoms with Crippen LogP contribution in [0.1, 0.15) is 10.5 Å². The second kappa shape index (κ2) is 5.28. The van der Waals surface area contributed by atoms with Gasteiger partial charge in [0.2, 0.25) is 0 Å². The quantitative estimate of drug-likeness (QED) is 0.820. The third kappa shape index (κ3) is 2.58. The molecule has 0 spiro atoms. The van der Waals surface area contributed by atoms with Crippen LogP contribution in [0, 0.1) is 0 Å². The number of benzene rings is 1. The molecule has 0 radical (unpaired) electrons. The molecule has 0 unspecified atom stereocenters. The van der Waals surface area contributed by atoms with E-state index in [1.54, 1.807) is 6.07 Å². The Morgan fingerprint density at radius 1 is 1.29 bits per heavy atom. The molecule has 3 rings (SSSR count). The summed E-state index contributed by atoms with van der Waals surface area (Å²) in [6, 6.07) is 8.62. The van der Waals surface area contributed by atoms with Crippen LogP contribution in [0.3, 0.4) is 0 Å². The summed E-state index contributed by atoms with van der Waals surface area (Å²) >= 11 is 0. The maximum atomic E-state index is 11.9. The first-order chi connectivity index (χ1) is 10.1. The van der Waals surface area contributed by atoms with Crippen molar-refractivity contribution in [1.82, 2.24) is 15.2 Å². The highest BCUT2D eigenvalue weighted by atomic mass is 16.5. The molecule has 0 aliphatic carbocycles. The van der Waals surface area contributed by atoms with Crippen LogP contribution in [0.4, 0.5) is 4.79 Å². The third-order valence-electron chi connectivity index (χ3n) is 3.23. The van der Waals surface area contributed by atoms with Gasteiger partial charge in [-0.15, -0.1) is 0 Å². The SMILES string of the molecule is O=C(OCC(=O)N1CCNC1=O)c1cc2ccccc2[nH]1. The van der Waals surface area contributed by atoms with Gasteiger partial charge < -0.3 is 15.0 Å². The topological polar surface area (TPSA) is 91.5 Å². The van der Waals surface area contributed by atoms with Gasteiger partial charge in [-0.25, -0.2) is 9.59 Å². The molecule has 2 heterocycles. The molecule has 1 saturated heterocycles. The fourth-order valence-electron chi connectivity index (χ4n) is 2.18. The lowest BCUT2D eigenvalue weighted by Crippen LogP contribution is -2.37. The normalized spacial score (nSPS) is 14.3. The number of amides is 3. The summed E-state index contributed by atoms with van der Waals surface area (Å²) in [5, 5.41) is 3.39. The number of carbonyl (C=O) groups is 3. The number of H-pyrrole nitrogens is 1. The summed E-state index contributed by atoms with van der Waals surface area (Å²) in [5.41, 5.74) is 1.09. The molecule has 7 nitrogen and oxygen atoms in total. The first kappa shape index (κ1) is 13.2. The number of nitrogens with one attached hydrogen (secondary N) is 2. The molecule has 108 valence electrons. The number of aromatic nitrogens is 1. The van der Waals surface area contributed by atoms with Crippen LogP contribution in [0.5, 0.6) is 0 Å². The smallest absolute Gasteiger partial charge is 0.355 e. The first-order valence-electron chi connectivity index (χ1n) is 6.48. The summed E-state index contributed by atoms with van der Waals surface area (Å²) in [6.07, 6.45) is 0. The number of hydrogen-bond acceptors (Lipinski definition) is 4. The van der Waals surface area contributed by atoms with Crippen LogP contribution in [0.2, 0.25) is 0 Å². The van der Waals surface area contributed by atoms with Crippen LogP contribution in [-0.2, 0) is 9.53 Å². The predicted octanol–water partition coefficient (Wildman–Crippen LogP) is 0.876. The Morgan fingerprint density at radius 2 is 2.10 bits per heavy atom. The van der Waals surface area contributed by atoms with E-state index < -0.39 is 24.5 Å². The van der Waals surface area contributed by atoms with Crippen molar-refractivity contribution < 1.29 is 19.1 Å². The van der Waals surface area contributed by atoms with Gasteiger partial charge in [-0.05, 0) is 12.1 Å². The van der Waals surface area contributed by atoms with Crippen molar-refractivity contribution in [1.29, 1.82) is 0 Å². The zero-order valence-electron chi connectivity index (χ0n) is 11.1. The molecule has 2 aromatic rings. The Balaban J connectivity index is 1.63. The van der Waals surface area contributed by atoms with Gasteiger partial charge in [0.1, 0.15) is 5.69 Å².